The van der Waals surface area contributed by atoms with Crippen LogP contribution in [0.5, 0.6) is 0 Å². The summed E-state index contributed by atoms with van der Waals surface area (Å²) >= 11 is 0. The number of nitrogens with one attached hydrogen (secondary N) is 1. The molecular formula is C19H31N. The van der Waals surface area contributed by atoms with E-state index in [1.807, 2.05) is 0 Å². The van der Waals surface area contributed by atoms with E-state index in [4.69, 9.17) is 0 Å². The van der Waals surface area contributed by atoms with Crippen LogP contribution in [0.4, 0.5) is 0 Å². The molecule has 0 spiro atoms. The zero-order valence-corrected chi connectivity index (χ0v) is 13.5. The first-order valence-electron chi connectivity index (χ1n) is 8.55. The molecule has 0 aliphatic heterocycles. The second-order valence-corrected chi connectivity index (χ2v) is 6.51. The Hall–Kier alpha value is -0.820. The van der Waals surface area contributed by atoms with Gasteiger partial charge in [0.05, 0.1) is 0 Å². The number of rotatable bonds is 7. The molecule has 1 N–H and O–H groups in total. The monoisotopic (exact) mass is 273 g/mol. The molecule has 0 saturated heterocycles. The van der Waals surface area contributed by atoms with Crippen molar-refractivity contribution in [3.63, 3.8) is 0 Å². The van der Waals surface area contributed by atoms with Gasteiger partial charge < -0.3 is 5.32 Å². The van der Waals surface area contributed by atoms with Gasteiger partial charge in [0, 0.05) is 6.04 Å². The molecule has 0 bridgehead atoms. The van der Waals surface area contributed by atoms with Gasteiger partial charge in [-0.2, -0.15) is 0 Å². The van der Waals surface area contributed by atoms with E-state index in [0.717, 1.165) is 24.8 Å². The lowest BCUT2D eigenvalue weighted by Crippen LogP contribution is -2.39. The zero-order valence-electron chi connectivity index (χ0n) is 13.5. The summed E-state index contributed by atoms with van der Waals surface area (Å²) in [6, 6.07) is 9.92. The van der Waals surface area contributed by atoms with Crippen LogP contribution in [0.25, 0.3) is 0 Å². The van der Waals surface area contributed by atoms with Crippen LogP contribution < -0.4 is 5.32 Å². The molecule has 1 aromatic rings. The topological polar surface area (TPSA) is 12.0 Å². The highest BCUT2D eigenvalue weighted by Gasteiger charge is 2.30. The summed E-state index contributed by atoms with van der Waals surface area (Å²) in [7, 11) is 0. The Bertz CT molecular complexity index is 381. The largest absolute Gasteiger partial charge is 0.313 e. The lowest BCUT2D eigenvalue weighted by molar-refractivity contribution is 0.295. The van der Waals surface area contributed by atoms with Gasteiger partial charge >= 0.3 is 0 Å². The van der Waals surface area contributed by atoms with Crippen molar-refractivity contribution < 1.29 is 0 Å². The Balaban J connectivity index is 2.01. The van der Waals surface area contributed by atoms with E-state index >= 15 is 0 Å². The lowest BCUT2D eigenvalue weighted by Gasteiger charge is -2.28. The molecule has 1 saturated carbocycles. The van der Waals surface area contributed by atoms with E-state index in [1.165, 1.54) is 43.2 Å². The fourth-order valence-corrected chi connectivity index (χ4v) is 3.64. The van der Waals surface area contributed by atoms with Crippen molar-refractivity contribution in [3.8, 4) is 0 Å². The first kappa shape index (κ1) is 15.6. The minimum absolute atomic E-state index is 0.667. The molecule has 3 unspecified atom stereocenters. The third kappa shape index (κ3) is 4.09. The van der Waals surface area contributed by atoms with Crippen molar-refractivity contribution in [2.45, 2.75) is 65.3 Å². The summed E-state index contributed by atoms with van der Waals surface area (Å²) in [6.07, 6.45) is 7.81. The van der Waals surface area contributed by atoms with E-state index in [-0.39, 0.29) is 0 Å². The minimum Gasteiger partial charge on any atom is -0.313 e. The van der Waals surface area contributed by atoms with Crippen molar-refractivity contribution in [2.24, 2.45) is 11.8 Å². The highest BCUT2D eigenvalue weighted by atomic mass is 14.9. The maximum atomic E-state index is 3.82. The maximum Gasteiger partial charge on any atom is 0.0138 e. The molecule has 1 nitrogen and oxygen atoms in total. The third-order valence-corrected chi connectivity index (χ3v) is 4.99. The van der Waals surface area contributed by atoms with Crippen LogP contribution in [0.15, 0.2) is 24.3 Å². The Morgan fingerprint density at radius 1 is 1.10 bits per heavy atom. The van der Waals surface area contributed by atoms with E-state index in [0.29, 0.717) is 6.04 Å². The molecule has 1 aliphatic carbocycles. The Kier molecular flexibility index (Phi) is 6.09. The van der Waals surface area contributed by atoms with Gasteiger partial charge in [-0.05, 0) is 55.2 Å². The predicted molar refractivity (Wildman–Crippen MR) is 88.1 cm³/mol. The first-order chi connectivity index (χ1) is 9.74. The van der Waals surface area contributed by atoms with Gasteiger partial charge in [0.25, 0.3) is 0 Å². The van der Waals surface area contributed by atoms with Gasteiger partial charge in [-0.1, -0.05) is 57.9 Å². The molecule has 20 heavy (non-hydrogen) atoms. The van der Waals surface area contributed by atoms with Crippen LogP contribution in [-0.4, -0.2) is 12.6 Å². The molecular weight excluding hydrogens is 242 g/mol. The smallest absolute Gasteiger partial charge is 0.0138 e. The van der Waals surface area contributed by atoms with Crippen molar-refractivity contribution >= 4 is 0 Å². The first-order valence-corrected chi connectivity index (χ1v) is 8.55. The number of benzene rings is 1. The van der Waals surface area contributed by atoms with E-state index in [2.05, 4.69) is 50.4 Å². The Morgan fingerprint density at radius 3 is 2.35 bits per heavy atom. The number of hydrogen-bond acceptors (Lipinski definition) is 1. The fraction of sp³-hybridized carbons (Fsp3) is 0.684. The molecule has 0 radical (unpaired) electrons. The molecule has 3 atom stereocenters. The van der Waals surface area contributed by atoms with Crippen molar-refractivity contribution in [1.82, 2.24) is 5.32 Å². The minimum atomic E-state index is 0.667. The highest BCUT2D eigenvalue weighted by molar-refractivity contribution is 5.23. The molecule has 0 aromatic heterocycles. The molecule has 2 rings (SSSR count). The molecule has 112 valence electrons. The molecule has 1 aromatic carbocycles. The van der Waals surface area contributed by atoms with Crippen molar-refractivity contribution in [3.05, 3.63) is 35.4 Å². The van der Waals surface area contributed by atoms with Gasteiger partial charge in [-0.25, -0.2) is 0 Å². The van der Waals surface area contributed by atoms with Crippen LogP contribution in [0.1, 0.15) is 57.6 Å². The summed E-state index contributed by atoms with van der Waals surface area (Å²) in [4.78, 5) is 0. The van der Waals surface area contributed by atoms with Gasteiger partial charge in [0.15, 0.2) is 0 Å². The van der Waals surface area contributed by atoms with Crippen LogP contribution in [0, 0.1) is 11.8 Å². The highest BCUT2D eigenvalue weighted by Crippen LogP contribution is 2.34. The van der Waals surface area contributed by atoms with Crippen LogP contribution >= 0.6 is 0 Å². The van der Waals surface area contributed by atoms with Gasteiger partial charge in [-0.3, -0.25) is 0 Å². The van der Waals surface area contributed by atoms with Gasteiger partial charge in [-0.15, -0.1) is 0 Å². The SMILES string of the molecule is CCCNC(Cc1ccc(CC)cc1)C1CCCC1C. The molecule has 0 amide bonds. The van der Waals surface area contributed by atoms with Gasteiger partial charge in [0.1, 0.15) is 0 Å². The number of aryl methyl sites for hydroxylation is 1. The summed E-state index contributed by atoms with van der Waals surface area (Å²) in [5.41, 5.74) is 2.94. The zero-order chi connectivity index (χ0) is 14.4. The maximum absolute atomic E-state index is 3.82. The Morgan fingerprint density at radius 2 is 1.80 bits per heavy atom. The van der Waals surface area contributed by atoms with Crippen molar-refractivity contribution in [2.75, 3.05) is 6.54 Å². The van der Waals surface area contributed by atoms with E-state index < -0.39 is 0 Å². The lowest BCUT2D eigenvalue weighted by atomic mass is 9.86. The molecule has 1 fully saturated rings. The average molecular weight is 273 g/mol. The van der Waals surface area contributed by atoms with Crippen LogP contribution in [-0.2, 0) is 12.8 Å². The summed E-state index contributed by atoms with van der Waals surface area (Å²) in [5, 5.41) is 3.82. The third-order valence-electron chi connectivity index (χ3n) is 4.99. The second kappa shape index (κ2) is 7.83. The summed E-state index contributed by atoms with van der Waals surface area (Å²) in [6.45, 7) is 8.08. The molecule has 1 heteroatoms. The van der Waals surface area contributed by atoms with Gasteiger partial charge in [0.2, 0.25) is 0 Å². The van der Waals surface area contributed by atoms with E-state index in [9.17, 15) is 0 Å². The number of hydrogen-bond donors (Lipinski definition) is 1. The molecule has 0 heterocycles. The average Bonchev–Trinajstić information content (AvgIpc) is 2.90. The fourth-order valence-electron chi connectivity index (χ4n) is 3.64. The normalized spacial score (nSPS) is 23.9. The Labute approximate surface area is 125 Å². The van der Waals surface area contributed by atoms with Crippen LogP contribution in [0.2, 0.25) is 0 Å². The van der Waals surface area contributed by atoms with Crippen molar-refractivity contribution in [1.29, 1.82) is 0 Å². The predicted octanol–water partition coefficient (Wildman–Crippen LogP) is 4.60. The molecule has 1 aliphatic rings. The quantitative estimate of drug-likeness (QED) is 0.766. The van der Waals surface area contributed by atoms with E-state index in [1.54, 1.807) is 0 Å². The standard InChI is InChI=1S/C19H31N/c1-4-13-20-19(18-8-6-7-15(18)3)14-17-11-9-16(5-2)10-12-17/h9-12,15,18-20H,4-8,13-14H2,1-3H3. The summed E-state index contributed by atoms with van der Waals surface area (Å²) < 4.78 is 0. The summed E-state index contributed by atoms with van der Waals surface area (Å²) in [5.74, 6) is 1.76. The van der Waals surface area contributed by atoms with Crippen LogP contribution in [0.3, 0.4) is 0 Å². The second-order valence-electron chi connectivity index (χ2n) is 6.51.